The molecular formula is C28H36N2Ni. The summed E-state index contributed by atoms with van der Waals surface area (Å²) < 4.78 is 1.43. The molecule has 0 spiro atoms. The molecule has 168 valence electrons. The molecule has 0 bridgehead atoms. The summed E-state index contributed by atoms with van der Waals surface area (Å²) in [4.78, 5) is 0. The van der Waals surface area contributed by atoms with Gasteiger partial charge in [-0.05, 0) is 112 Å². The molecule has 0 fully saturated rings. The van der Waals surface area contributed by atoms with Gasteiger partial charge in [0.05, 0.1) is 0 Å². The van der Waals surface area contributed by atoms with Crippen LogP contribution in [0.25, 0.3) is 16.9 Å². The van der Waals surface area contributed by atoms with Gasteiger partial charge in [-0.1, -0.05) is 26.2 Å². The number of aryl methyl sites for hydroxylation is 4. The summed E-state index contributed by atoms with van der Waals surface area (Å²) in [5, 5.41) is 0. The van der Waals surface area contributed by atoms with Gasteiger partial charge in [0.1, 0.15) is 0 Å². The first-order valence-electron chi connectivity index (χ1n) is 11.3. The third-order valence-corrected chi connectivity index (χ3v) is 6.78. The number of benzene rings is 2. The van der Waals surface area contributed by atoms with Crippen LogP contribution in [0.4, 0.5) is 0 Å². The van der Waals surface area contributed by atoms with Crippen molar-refractivity contribution in [3.63, 3.8) is 0 Å². The van der Waals surface area contributed by atoms with Gasteiger partial charge in [-0.25, -0.2) is 4.70 Å². The minimum Gasteiger partial charge on any atom is -0.493 e. The maximum Gasteiger partial charge on any atom is 0.210 e. The Kier molecular flexibility index (Phi) is 8.60. The first-order valence-corrected chi connectivity index (χ1v) is 11.3. The fourth-order valence-electron chi connectivity index (χ4n) is 4.35. The quantitative estimate of drug-likeness (QED) is 0.226. The molecule has 0 atom stereocenters. The van der Waals surface area contributed by atoms with Crippen LogP contribution in [-0.4, -0.2) is 4.70 Å². The van der Waals surface area contributed by atoms with E-state index in [1.807, 2.05) is 0 Å². The third-order valence-electron chi connectivity index (χ3n) is 6.78. The normalized spacial score (nSPS) is 13.5. The monoisotopic (exact) mass is 458 g/mol. The molecule has 2 nitrogen and oxygen atoms in total. The second-order valence-corrected chi connectivity index (χ2v) is 9.00. The van der Waals surface area contributed by atoms with Crippen molar-refractivity contribution in [3.8, 4) is 0 Å². The molecule has 0 aromatic heterocycles. The van der Waals surface area contributed by atoms with E-state index in [9.17, 15) is 5.53 Å². The van der Waals surface area contributed by atoms with Crippen LogP contribution in [0.1, 0.15) is 83.5 Å². The zero-order chi connectivity index (χ0) is 22.0. The SMILES string of the molecule is CCCCCCC1=C(c2cc(C)c(C)c(C)c2)[N+](=[N-])C(c2cc(C)c(C)c(C)c2)=C1.[Ni]. The molecule has 2 aromatic rings. The number of rotatable bonds is 7. The summed E-state index contributed by atoms with van der Waals surface area (Å²) in [5.41, 5.74) is 24.3. The van der Waals surface area contributed by atoms with Crippen LogP contribution in [0.3, 0.4) is 0 Å². The zero-order valence-electron chi connectivity index (χ0n) is 20.1. The molecule has 0 amide bonds. The second kappa shape index (κ2) is 10.6. The van der Waals surface area contributed by atoms with E-state index in [-0.39, 0.29) is 16.5 Å². The number of allylic oxidation sites excluding steroid dienone is 2. The molecule has 0 radical (unpaired) electrons. The average molecular weight is 459 g/mol. The predicted octanol–water partition coefficient (Wildman–Crippen LogP) is 8.30. The maximum atomic E-state index is 11.3. The molecule has 0 saturated heterocycles. The molecule has 0 unspecified atom stereocenters. The number of hydrogen-bond donors (Lipinski definition) is 0. The van der Waals surface area contributed by atoms with Crippen LogP contribution in [0.2, 0.25) is 0 Å². The fraction of sp³-hybridized carbons (Fsp3) is 0.429. The van der Waals surface area contributed by atoms with Crippen LogP contribution in [0.5, 0.6) is 0 Å². The van der Waals surface area contributed by atoms with Crippen molar-refractivity contribution >= 4 is 11.4 Å². The Labute approximate surface area is 198 Å². The minimum atomic E-state index is 0. The molecule has 1 aliphatic rings. The van der Waals surface area contributed by atoms with E-state index >= 15 is 0 Å². The van der Waals surface area contributed by atoms with Crippen molar-refractivity contribution in [1.82, 2.24) is 0 Å². The summed E-state index contributed by atoms with van der Waals surface area (Å²) in [5.74, 6) is 0. The first-order chi connectivity index (χ1) is 14.2. The Balaban J connectivity index is 0.00000341. The van der Waals surface area contributed by atoms with E-state index in [1.165, 1.54) is 62.9 Å². The second-order valence-electron chi connectivity index (χ2n) is 9.00. The van der Waals surface area contributed by atoms with Gasteiger partial charge in [-0.3, -0.25) is 0 Å². The van der Waals surface area contributed by atoms with E-state index < -0.39 is 0 Å². The summed E-state index contributed by atoms with van der Waals surface area (Å²) in [6.07, 6.45) is 8.08. The number of unbranched alkanes of at least 4 members (excludes halogenated alkanes) is 3. The Hall–Kier alpha value is -1.99. The average Bonchev–Trinajstić information content (AvgIpc) is 3.03. The van der Waals surface area contributed by atoms with E-state index in [4.69, 9.17) is 0 Å². The van der Waals surface area contributed by atoms with Gasteiger partial charge in [0.25, 0.3) is 0 Å². The molecule has 3 rings (SSSR count). The van der Waals surface area contributed by atoms with Crippen LogP contribution in [0.15, 0.2) is 35.9 Å². The zero-order valence-corrected chi connectivity index (χ0v) is 21.1. The molecule has 1 aliphatic heterocycles. The van der Waals surface area contributed by atoms with Gasteiger partial charge < -0.3 is 5.53 Å². The van der Waals surface area contributed by atoms with Crippen molar-refractivity contribution in [2.24, 2.45) is 0 Å². The molecule has 1 heterocycles. The molecule has 0 saturated carbocycles. The van der Waals surface area contributed by atoms with Crippen molar-refractivity contribution in [2.75, 3.05) is 0 Å². The van der Waals surface area contributed by atoms with Crippen LogP contribution < -0.4 is 0 Å². The van der Waals surface area contributed by atoms with Gasteiger partial charge in [0.2, 0.25) is 11.4 Å². The van der Waals surface area contributed by atoms with E-state index in [1.54, 1.807) is 0 Å². The Morgan fingerprint density at radius 1 is 0.710 bits per heavy atom. The van der Waals surface area contributed by atoms with Crippen LogP contribution >= 0.6 is 0 Å². The molecule has 31 heavy (non-hydrogen) atoms. The summed E-state index contributed by atoms with van der Waals surface area (Å²) in [6, 6.07) is 8.83. The van der Waals surface area contributed by atoms with Gasteiger partial charge in [-0.15, -0.1) is 0 Å². The molecule has 0 aliphatic carbocycles. The Morgan fingerprint density at radius 2 is 1.19 bits per heavy atom. The van der Waals surface area contributed by atoms with Crippen LogP contribution in [-0.2, 0) is 16.5 Å². The topological polar surface area (TPSA) is 25.3 Å². The summed E-state index contributed by atoms with van der Waals surface area (Å²) >= 11 is 0. The van der Waals surface area contributed by atoms with Gasteiger partial charge >= 0.3 is 0 Å². The minimum absolute atomic E-state index is 0. The smallest absolute Gasteiger partial charge is 0.210 e. The Bertz CT molecular complexity index is 1010. The predicted molar refractivity (Wildman–Crippen MR) is 129 cm³/mol. The standard InChI is InChI=1S/C28H36N2.Ni/c1-8-9-10-11-12-24-17-27(25-13-18(2)22(6)19(3)14-25)30(29)28(24)26-15-20(4)23(7)21(5)16-26;/h13-17H,8-12H2,1-7H3;. The van der Waals surface area contributed by atoms with Crippen molar-refractivity contribution in [1.29, 1.82) is 0 Å². The van der Waals surface area contributed by atoms with Crippen molar-refractivity contribution < 1.29 is 21.2 Å². The maximum absolute atomic E-state index is 11.3. The van der Waals surface area contributed by atoms with Gasteiger partial charge in [0, 0.05) is 39.3 Å². The van der Waals surface area contributed by atoms with Crippen molar-refractivity contribution in [2.45, 2.75) is 80.6 Å². The Morgan fingerprint density at radius 3 is 1.68 bits per heavy atom. The molecule has 0 N–H and O–H groups in total. The van der Waals surface area contributed by atoms with E-state index in [2.05, 4.69) is 78.8 Å². The largest absolute Gasteiger partial charge is 0.493 e. The molecule has 2 aromatic carbocycles. The first kappa shape index (κ1) is 25.3. The fourth-order valence-corrected chi connectivity index (χ4v) is 4.35. The van der Waals surface area contributed by atoms with Gasteiger partial charge in [0.15, 0.2) is 0 Å². The van der Waals surface area contributed by atoms with Crippen molar-refractivity contribution in [3.05, 3.63) is 86.0 Å². The van der Waals surface area contributed by atoms with Crippen LogP contribution in [0, 0.1) is 41.5 Å². The van der Waals surface area contributed by atoms with E-state index in [0.29, 0.717) is 0 Å². The summed E-state index contributed by atoms with van der Waals surface area (Å²) in [7, 11) is 0. The number of hydrogen-bond acceptors (Lipinski definition) is 0. The molecular weight excluding hydrogens is 423 g/mol. The molecule has 3 heteroatoms. The van der Waals surface area contributed by atoms with Gasteiger partial charge in [-0.2, -0.15) is 0 Å². The summed E-state index contributed by atoms with van der Waals surface area (Å²) in [6.45, 7) is 15.2. The third kappa shape index (κ3) is 5.26. The van der Waals surface area contributed by atoms with E-state index in [0.717, 1.165) is 35.4 Å². The number of nitrogens with zero attached hydrogens (tertiary/aromatic N) is 2.